The second-order valence-electron chi connectivity index (χ2n) is 14.3. The summed E-state index contributed by atoms with van der Waals surface area (Å²) in [5.41, 5.74) is 0. The van der Waals surface area contributed by atoms with E-state index >= 15 is 0 Å². The van der Waals surface area contributed by atoms with Crippen molar-refractivity contribution in [1.82, 2.24) is 0 Å². The molecule has 0 bridgehead atoms. The Kier molecular flexibility index (Phi) is 38.6. The highest BCUT2D eigenvalue weighted by molar-refractivity contribution is 7.47. The molecule has 0 aliphatic heterocycles. The fourth-order valence-corrected chi connectivity index (χ4v) is 6.43. The van der Waals surface area contributed by atoms with Gasteiger partial charge in [-0.3, -0.25) is 18.6 Å². The SMILES string of the molecule is CCCCC/C=C\C/C=C\CCCCCCCCCC(=O)OC(CO)COP(=O)(O)OCC(CO)OC(=O)CCCCCCC/C=C\C/C=C\CCCCC. The Morgan fingerprint density at radius 3 is 1.13 bits per heavy atom. The minimum atomic E-state index is -4.64. The number of hydrogen-bond donors (Lipinski definition) is 3. The maximum atomic E-state index is 12.4. The molecular weight excluding hydrogens is 719 g/mol. The Morgan fingerprint density at radius 1 is 0.491 bits per heavy atom. The number of esters is 2. The summed E-state index contributed by atoms with van der Waals surface area (Å²) in [7, 11) is -4.64. The lowest BCUT2D eigenvalue weighted by Crippen LogP contribution is -2.28. The van der Waals surface area contributed by atoms with E-state index in [2.05, 4.69) is 62.5 Å². The molecule has 0 spiro atoms. The number of unbranched alkanes of at least 4 members (excludes halogenated alkanes) is 18. The number of phosphoric ester groups is 1. The van der Waals surface area contributed by atoms with Gasteiger partial charge in [-0.2, -0.15) is 0 Å². The number of phosphoric acid groups is 1. The maximum absolute atomic E-state index is 12.4. The van der Waals surface area contributed by atoms with Gasteiger partial charge in [-0.15, -0.1) is 0 Å². The molecule has 0 aromatic heterocycles. The Hall–Kier alpha value is -2.07. The van der Waals surface area contributed by atoms with E-state index in [1.54, 1.807) is 0 Å². The van der Waals surface area contributed by atoms with Crippen LogP contribution in [0, 0.1) is 0 Å². The lowest BCUT2D eigenvalue weighted by molar-refractivity contribution is -0.153. The van der Waals surface area contributed by atoms with Crippen LogP contribution in [0.2, 0.25) is 0 Å². The quantitative estimate of drug-likeness (QED) is 0.0237. The minimum absolute atomic E-state index is 0.174. The number of carbonyl (C=O) groups is 2. The average molecular weight is 799 g/mol. The van der Waals surface area contributed by atoms with Crippen LogP contribution in [0.4, 0.5) is 0 Å². The van der Waals surface area contributed by atoms with E-state index in [1.807, 2.05) is 0 Å². The second kappa shape index (κ2) is 40.1. The molecule has 3 atom stereocenters. The summed E-state index contributed by atoms with van der Waals surface area (Å²) in [6.07, 6.45) is 42.2. The molecule has 11 heteroatoms. The number of allylic oxidation sites excluding steroid dienone is 8. The topological polar surface area (TPSA) is 149 Å². The molecule has 10 nitrogen and oxygen atoms in total. The summed E-state index contributed by atoms with van der Waals surface area (Å²) in [4.78, 5) is 34.5. The highest BCUT2D eigenvalue weighted by Crippen LogP contribution is 2.43. The second-order valence-corrected chi connectivity index (χ2v) is 15.8. The van der Waals surface area contributed by atoms with E-state index in [9.17, 15) is 29.3 Å². The summed E-state index contributed by atoms with van der Waals surface area (Å²) < 4.78 is 32.5. The molecule has 3 unspecified atom stereocenters. The van der Waals surface area contributed by atoms with Crippen molar-refractivity contribution < 1.29 is 47.8 Å². The first kappa shape index (κ1) is 52.9. The maximum Gasteiger partial charge on any atom is 0.472 e. The molecule has 0 aromatic rings. The molecule has 0 saturated carbocycles. The average Bonchev–Trinajstić information content (AvgIpc) is 3.17. The molecule has 0 aliphatic carbocycles. The van der Waals surface area contributed by atoms with Crippen molar-refractivity contribution in [3.05, 3.63) is 48.6 Å². The van der Waals surface area contributed by atoms with Crippen LogP contribution in [0.25, 0.3) is 0 Å². The smallest absolute Gasteiger partial charge is 0.457 e. The highest BCUT2D eigenvalue weighted by atomic mass is 31.2. The predicted octanol–water partition coefficient (Wildman–Crippen LogP) is 11.3. The number of aliphatic hydroxyl groups excluding tert-OH is 2. The molecule has 0 heterocycles. The van der Waals surface area contributed by atoms with E-state index in [0.717, 1.165) is 77.0 Å². The van der Waals surface area contributed by atoms with Gasteiger partial charge in [-0.1, -0.05) is 140 Å². The number of rotatable bonds is 40. The Bertz CT molecular complexity index is 1060. The van der Waals surface area contributed by atoms with Crippen molar-refractivity contribution in [1.29, 1.82) is 0 Å². The number of hydrogen-bond acceptors (Lipinski definition) is 9. The molecule has 0 rings (SSSR count). The molecule has 3 N–H and O–H groups in total. The first-order chi connectivity index (χ1) is 26.8. The van der Waals surface area contributed by atoms with E-state index in [1.165, 1.54) is 64.2 Å². The molecule has 0 fully saturated rings. The van der Waals surface area contributed by atoms with Crippen LogP contribution in [-0.4, -0.2) is 65.7 Å². The van der Waals surface area contributed by atoms with Gasteiger partial charge in [-0.05, 0) is 77.0 Å². The van der Waals surface area contributed by atoms with E-state index in [4.69, 9.17) is 18.5 Å². The van der Waals surface area contributed by atoms with Crippen molar-refractivity contribution >= 4 is 19.8 Å². The molecule has 0 amide bonds. The standard InChI is InChI=1S/C44H79O10P/c1-3-5-7-9-11-13-15-17-19-20-22-24-26-28-30-32-34-36-44(48)54-42(38-46)40-52-55(49,50)51-39-41(37-45)53-43(47)35-33-31-29-27-25-23-21-18-16-14-12-10-8-6-4-2/h11-14,17-19,21,41-42,45-46H,3-10,15-16,20,22-40H2,1-2H3,(H,49,50)/b13-11-,14-12-,19-17-,21-18-. The van der Waals surface area contributed by atoms with Crippen LogP contribution in [0.1, 0.15) is 181 Å². The van der Waals surface area contributed by atoms with Gasteiger partial charge in [0.25, 0.3) is 0 Å². The molecule has 0 aromatic carbocycles. The van der Waals surface area contributed by atoms with Crippen LogP contribution < -0.4 is 0 Å². The third kappa shape index (κ3) is 38.6. The number of aliphatic hydroxyl groups is 2. The largest absolute Gasteiger partial charge is 0.472 e. The summed E-state index contributed by atoms with van der Waals surface area (Å²) >= 11 is 0. The summed E-state index contributed by atoms with van der Waals surface area (Å²) in [6, 6.07) is 0. The van der Waals surface area contributed by atoms with Crippen LogP contribution in [0.5, 0.6) is 0 Å². The Morgan fingerprint density at radius 2 is 0.800 bits per heavy atom. The molecule has 0 saturated heterocycles. The van der Waals surface area contributed by atoms with Crippen LogP contribution >= 0.6 is 7.82 Å². The third-order valence-corrected chi connectivity index (χ3v) is 9.96. The Labute approximate surface area is 334 Å². The van der Waals surface area contributed by atoms with Crippen molar-refractivity contribution in [3.8, 4) is 0 Å². The molecule has 0 aliphatic rings. The monoisotopic (exact) mass is 799 g/mol. The summed E-state index contributed by atoms with van der Waals surface area (Å²) in [6.45, 7) is 2.13. The Balaban J connectivity index is 3.96. The van der Waals surface area contributed by atoms with Gasteiger partial charge in [0, 0.05) is 12.8 Å². The minimum Gasteiger partial charge on any atom is -0.457 e. The van der Waals surface area contributed by atoms with Crippen molar-refractivity contribution in [3.63, 3.8) is 0 Å². The van der Waals surface area contributed by atoms with Gasteiger partial charge < -0.3 is 24.6 Å². The molecular formula is C44H79O10P. The van der Waals surface area contributed by atoms with E-state index in [0.29, 0.717) is 12.8 Å². The summed E-state index contributed by atoms with van der Waals surface area (Å²) in [5, 5.41) is 19.2. The molecule has 55 heavy (non-hydrogen) atoms. The zero-order chi connectivity index (χ0) is 40.5. The van der Waals surface area contributed by atoms with Crippen molar-refractivity contribution in [2.75, 3.05) is 26.4 Å². The van der Waals surface area contributed by atoms with E-state index in [-0.39, 0.29) is 12.8 Å². The van der Waals surface area contributed by atoms with Crippen LogP contribution in [-0.2, 0) is 32.7 Å². The lowest BCUT2D eigenvalue weighted by Gasteiger charge is -2.20. The fourth-order valence-electron chi connectivity index (χ4n) is 5.64. The van der Waals surface area contributed by atoms with Crippen LogP contribution in [0.3, 0.4) is 0 Å². The zero-order valence-corrected chi connectivity index (χ0v) is 35.5. The van der Waals surface area contributed by atoms with Crippen molar-refractivity contribution in [2.24, 2.45) is 0 Å². The van der Waals surface area contributed by atoms with Gasteiger partial charge in [-0.25, -0.2) is 4.57 Å². The molecule has 320 valence electrons. The van der Waals surface area contributed by atoms with Gasteiger partial charge in [0.15, 0.2) is 0 Å². The fraction of sp³-hybridized carbons (Fsp3) is 0.773. The van der Waals surface area contributed by atoms with Gasteiger partial charge in [0.05, 0.1) is 26.4 Å². The van der Waals surface area contributed by atoms with Crippen LogP contribution in [0.15, 0.2) is 48.6 Å². The normalized spacial score (nSPS) is 14.3. The zero-order valence-electron chi connectivity index (χ0n) is 34.6. The first-order valence-corrected chi connectivity index (χ1v) is 23.1. The molecule has 0 radical (unpaired) electrons. The lowest BCUT2D eigenvalue weighted by atomic mass is 10.1. The van der Waals surface area contributed by atoms with Gasteiger partial charge in [0.2, 0.25) is 0 Å². The number of ether oxygens (including phenoxy) is 2. The van der Waals surface area contributed by atoms with Gasteiger partial charge in [0.1, 0.15) is 12.2 Å². The first-order valence-electron chi connectivity index (χ1n) is 21.6. The predicted molar refractivity (Wildman–Crippen MR) is 224 cm³/mol. The van der Waals surface area contributed by atoms with Gasteiger partial charge >= 0.3 is 19.8 Å². The van der Waals surface area contributed by atoms with E-state index < -0.39 is 58.4 Å². The summed E-state index contributed by atoms with van der Waals surface area (Å²) in [5.74, 6) is -1.04. The third-order valence-electron chi connectivity index (χ3n) is 9.01. The highest BCUT2D eigenvalue weighted by Gasteiger charge is 2.27. The number of carbonyl (C=O) groups excluding carboxylic acids is 2. The van der Waals surface area contributed by atoms with Crippen molar-refractivity contribution in [2.45, 2.75) is 193 Å².